The summed E-state index contributed by atoms with van der Waals surface area (Å²) >= 11 is 1.37. The van der Waals surface area contributed by atoms with E-state index >= 15 is 0 Å². The van der Waals surface area contributed by atoms with Crippen LogP contribution in [0.2, 0.25) is 0 Å². The second kappa shape index (κ2) is 9.64. The van der Waals surface area contributed by atoms with Crippen LogP contribution in [-0.4, -0.2) is 23.3 Å². The molecule has 0 radical (unpaired) electrons. The number of aliphatic hydroxyl groups excluding tert-OH is 1. The molecule has 1 aliphatic heterocycles. The van der Waals surface area contributed by atoms with Crippen LogP contribution >= 0.6 is 11.8 Å². The molecule has 0 spiro atoms. The van der Waals surface area contributed by atoms with Crippen molar-refractivity contribution in [3.8, 4) is 5.75 Å². The Morgan fingerprint density at radius 1 is 0.968 bits per heavy atom. The van der Waals surface area contributed by atoms with Gasteiger partial charge in [-0.3, -0.25) is 14.7 Å². The number of amides is 1. The van der Waals surface area contributed by atoms with E-state index in [0.29, 0.717) is 16.6 Å². The Morgan fingerprint density at radius 3 is 2.29 bits per heavy atom. The Balaban J connectivity index is 1.64. The number of anilines is 1. The summed E-state index contributed by atoms with van der Waals surface area (Å²) < 4.78 is 5.21. The minimum absolute atomic E-state index is 0.00547. The van der Waals surface area contributed by atoms with Gasteiger partial charge in [-0.05, 0) is 58.8 Å². The number of methoxy groups -OCH3 is 1. The zero-order chi connectivity index (χ0) is 21.6. The molecule has 1 heterocycles. The van der Waals surface area contributed by atoms with E-state index in [2.05, 4.69) is 0 Å². The molecule has 0 aromatic heterocycles. The summed E-state index contributed by atoms with van der Waals surface area (Å²) in [6, 6.07) is 24.8. The van der Waals surface area contributed by atoms with Gasteiger partial charge in [0.2, 0.25) is 0 Å². The van der Waals surface area contributed by atoms with E-state index in [0.717, 1.165) is 28.1 Å². The molecule has 0 unspecified atom stereocenters. The summed E-state index contributed by atoms with van der Waals surface area (Å²) in [6.07, 6.45) is 1.86. The van der Waals surface area contributed by atoms with Gasteiger partial charge in [-0.2, -0.15) is 0 Å². The lowest BCUT2D eigenvalue weighted by Crippen LogP contribution is -2.28. The van der Waals surface area contributed by atoms with Crippen LogP contribution in [-0.2, 0) is 17.9 Å². The van der Waals surface area contributed by atoms with Crippen molar-refractivity contribution in [2.24, 2.45) is 4.99 Å². The van der Waals surface area contributed by atoms with E-state index in [9.17, 15) is 9.90 Å². The van der Waals surface area contributed by atoms with E-state index in [1.807, 2.05) is 84.9 Å². The molecule has 3 aromatic carbocycles. The standard InChI is InChI=1S/C25H22N2O3S/c1-30-22-13-11-19(12-14-22)16-26-25-27(21-5-3-2-4-6-21)24(29)23(31-25)15-18-7-9-20(17-28)10-8-18/h2-15,28H,16-17H2,1H3/b23-15-,26-25?. The van der Waals surface area contributed by atoms with Crippen molar-refractivity contribution < 1.29 is 14.6 Å². The second-order valence-corrected chi connectivity index (χ2v) is 7.94. The van der Waals surface area contributed by atoms with E-state index < -0.39 is 0 Å². The molecule has 0 aliphatic carbocycles. The highest BCUT2D eigenvalue weighted by Crippen LogP contribution is 2.36. The van der Waals surface area contributed by atoms with Crippen LogP contribution in [0.5, 0.6) is 5.75 Å². The fraction of sp³-hybridized carbons (Fsp3) is 0.120. The predicted octanol–water partition coefficient (Wildman–Crippen LogP) is 4.86. The summed E-state index contributed by atoms with van der Waals surface area (Å²) in [5.74, 6) is 0.695. The van der Waals surface area contributed by atoms with Crippen LogP contribution < -0.4 is 9.64 Å². The summed E-state index contributed by atoms with van der Waals surface area (Å²) in [6.45, 7) is 0.454. The molecule has 1 saturated heterocycles. The van der Waals surface area contributed by atoms with Gasteiger partial charge in [-0.1, -0.05) is 54.6 Å². The molecule has 1 aliphatic rings. The van der Waals surface area contributed by atoms with Crippen molar-refractivity contribution in [2.45, 2.75) is 13.2 Å². The van der Waals surface area contributed by atoms with Crippen LogP contribution in [0.1, 0.15) is 16.7 Å². The lowest BCUT2D eigenvalue weighted by atomic mass is 10.1. The largest absolute Gasteiger partial charge is 0.497 e. The van der Waals surface area contributed by atoms with Crippen molar-refractivity contribution in [1.29, 1.82) is 0 Å². The summed E-state index contributed by atoms with van der Waals surface area (Å²) in [5.41, 5.74) is 3.55. The monoisotopic (exact) mass is 430 g/mol. The number of nitrogens with zero attached hydrogens (tertiary/aromatic N) is 2. The number of rotatable bonds is 6. The third kappa shape index (κ3) is 4.87. The minimum Gasteiger partial charge on any atom is -0.497 e. The van der Waals surface area contributed by atoms with E-state index in [1.165, 1.54) is 11.8 Å². The third-order valence-electron chi connectivity index (χ3n) is 4.84. The van der Waals surface area contributed by atoms with Gasteiger partial charge in [-0.25, -0.2) is 0 Å². The second-order valence-electron chi connectivity index (χ2n) is 6.93. The lowest BCUT2D eigenvalue weighted by Gasteiger charge is -2.15. The van der Waals surface area contributed by atoms with E-state index in [1.54, 1.807) is 12.0 Å². The highest BCUT2D eigenvalue weighted by Gasteiger charge is 2.34. The van der Waals surface area contributed by atoms with E-state index in [-0.39, 0.29) is 12.5 Å². The number of thioether (sulfide) groups is 1. The number of hydrogen-bond donors (Lipinski definition) is 1. The SMILES string of the molecule is COc1ccc(CN=C2S/C(=C\c3ccc(CO)cc3)C(=O)N2c2ccccc2)cc1. The first-order valence-corrected chi connectivity index (χ1v) is 10.7. The number of aliphatic imine (C=N–C) groups is 1. The number of carbonyl (C=O) groups is 1. The number of aliphatic hydroxyl groups is 1. The summed E-state index contributed by atoms with van der Waals surface area (Å²) in [4.78, 5) is 20.2. The molecule has 0 atom stereocenters. The van der Waals surface area contributed by atoms with Crippen molar-refractivity contribution in [3.05, 3.63) is 100 Å². The Hall–Kier alpha value is -3.35. The fourth-order valence-corrected chi connectivity index (χ4v) is 4.12. The molecule has 1 amide bonds. The first kappa shape index (κ1) is 20.9. The van der Waals surface area contributed by atoms with Gasteiger partial charge < -0.3 is 9.84 Å². The molecular formula is C25H22N2O3S. The Labute approximate surface area is 185 Å². The van der Waals surface area contributed by atoms with Crippen molar-refractivity contribution in [1.82, 2.24) is 0 Å². The Kier molecular flexibility index (Phi) is 6.50. The van der Waals surface area contributed by atoms with E-state index in [4.69, 9.17) is 9.73 Å². The first-order valence-electron chi connectivity index (χ1n) is 9.84. The summed E-state index contributed by atoms with van der Waals surface area (Å²) in [5, 5.41) is 9.87. The van der Waals surface area contributed by atoms with Crippen LogP contribution in [0.3, 0.4) is 0 Å². The molecule has 3 aromatic rings. The molecule has 4 rings (SSSR count). The van der Waals surface area contributed by atoms with Crippen LogP contribution in [0, 0.1) is 0 Å². The van der Waals surface area contributed by atoms with Crippen LogP contribution in [0.25, 0.3) is 6.08 Å². The van der Waals surface area contributed by atoms with Crippen LogP contribution in [0.4, 0.5) is 5.69 Å². The van der Waals surface area contributed by atoms with Gasteiger partial charge in [0, 0.05) is 0 Å². The van der Waals surface area contributed by atoms with Crippen molar-refractivity contribution >= 4 is 34.6 Å². The maximum atomic E-state index is 13.2. The van der Waals surface area contributed by atoms with Crippen LogP contribution in [0.15, 0.2) is 88.8 Å². The first-order chi connectivity index (χ1) is 15.2. The number of amidine groups is 1. The summed E-state index contributed by atoms with van der Waals surface area (Å²) in [7, 11) is 1.64. The predicted molar refractivity (Wildman–Crippen MR) is 126 cm³/mol. The molecule has 1 N–H and O–H groups in total. The molecule has 0 bridgehead atoms. The smallest absolute Gasteiger partial charge is 0.271 e. The normalized spacial score (nSPS) is 16.3. The average Bonchev–Trinajstić information content (AvgIpc) is 3.14. The molecule has 156 valence electrons. The molecule has 6 heteroatoms. The number of benzene rings is 3. The number of para-hydroxylation sites is 1. The minimum atomic E-state index is -0.101. The zero-order valence-corrected chi connectivity index (χ0v) is 17.9. The number of hydrogen-bond acceptors (Lipinski definition) is 5. The lowest BCUT2D eigenvalue weighted by molar-refractivity contribution is -0.113. The topological polar surface area (TPSA) is 62.1 Å². The van der Waals surface area contributed by atoms with Gasteiger partial charge >= 0.3 is 0 Å². The third-order valence-corrected chi connectivity index (χ3v) is 5.84. The van der Waals surface area contributed by atoms with Gasteiger partial charge in [0.25, 0.3) is 5.91 Å². The highest BCUT2D eigenvalue weighted by atomic mass is 32.2. The fourth-order valence-electron chi connectivity index (χ4n) is 3.14. The Bertz CT molecular complexity index is 1110. The van der Waals surface area contributed by atoms with Gasteiger partial charge in [0.1, 0.15) is 5.75 Å². The molecule has 5 nitrogen and oxygen atoms in total. The van der Waals surface area contributed by atoms with Crippen molar-refractivity contribution in [2.75, 3.05) is 12.0 Å². The number of carbonyl (C=O) groups excluding carboxylic acids is 1. The maximum Gasteiger partial charge on any atom is 0.271 e. The van der Waals surface area contributed by atoms with Gasteiger partial charge in [-0.15, -0.1) is 0 Å². The molecule has 1 fully saturated rings. The molecular weight excluding hydrogens is 408 g/mol. The quantitative estimate of drug-likeness (QED) is 0.567. The molecule has 31 heavy (non-hydrogen) atoms. The van der Waals surface area contributed by atoms with Gasteiger partial charge in [0.05, 0.1) is 30.9 Å². The van der Waals surface area contributed by atoms with Crippen molar-refractivity contribution in [3.63, 3.8) is 0 Å². The zero-order valence-electron chi connectivity index (χ0n) is 17.1. The highest BCUT2D eigenvalue weighted by molar-refractivity contribution is 8.19. The molecule has 0 saturated carbocycles. The average molecular weight is 431 g/mol. The number of ether oxygens (including phenoxy) is 1. The maximum absolute atomic E-state index is 13.2. The van der Waals surface area contributed by atoms with Gasteiger partial charge in [0.15, 0.2) is 5.17 Å². The Morgan fingerprint density at radius 2 is 1.65 bits per heavy atom.